The first-order valence-corrected chi connectivity index (χ1v) is 9.24. The number of aromatic nitrogens is 1. The Morgan fingerprint density at radius 3 is 2.64 bits per heavy atom. The average molecular weight is 337 g/mol. The van der Waals surface area contributed by atoms with E-state index >= 15 is 0 Å². The minimum Gasteiger partial charge on any atom is -0.355 e. The molecule has 3 rings (SSSR count). The number of hydrogen-bond donors (Lipinski definition) is 1. The highest BCUT2D eigenvalue weighted by molar-refractivity contribution is 5.76. The number of carbonyl (C=O) groups is 1. The van der Waals surface area contributed by atoms with Gasteiger partial charge >= 0.3 is 0 Å². The summed E-state index contributed by atoms with van der Waals surface area (Å²) < 4.78 is 0. The molecule has 0 saturated carbocycles. The van der Waals surface area contributed by atoms with E-state index < -0.39 is 0 Å². The number of amides is 1. The molecule has 0 atom stereocenters. The number of nitrogens with zero attached hydrogens (tertiary/aromatic N) is 2. The van der Waals surface area contributed by atoms with E-state index in [1.54, 1.807) is 6.20 Å². The Balaban J connectivity index is 1.30. The zero-order valence-electron chi connectivity index (χ0n) is 14.7. The second-order valence-corrected chi connectivity index (χ2v) is 6.74. The van der Waals surface area contributed by atoms with Crippen molar-refractivity contribution in [2.24, 2.45) is 0 Å². The third-order valence-electron chi connectivity index (χ3n) is 4.97. The Morgan fingerprint density at radius 1 is 1.12 bits per heavy atom. The van der Waals surface area contributed by atoms with Gasteiger partial charge in [-0.1, -0.05) is 36.4 Å². The highest BCUT2D eigenvalue weighted by atomic mass is 16.1. The lowest BCUT2D eigenvalue weighted by atomic mass is 9.89. The van der Waals surface area contributed by atoms with Crippen molar-refractivity contribution in [3.63, 3.8) is 0 Å². The molecule has 4 heteroatoms. The highest BCUT2D eigenvalue weighted by Crippen LogP contribution is 2.27. The van der Waals surface area contributed by atoms with Crippen LogP contribution < -0.4 is 5.32 Å². The van der Waals surface area contributed by atoms with Crippen LogP contribution in [-0.4, -0.2) is 42.0 Å². The second kappa shape index (κ2) is 9.33. The molecule has 1 amide bonds. The number of carbonyl (C=O) groups excluding carboxylic acids is 1. The van der Waals surface area contributed by atoms with Gasteiger partial charge < -0.3 is 10.2 Å². The zero-order chi connectivity index (χ0) is 17.3. The fraction of sp³-hybridized carbons (Fsp3) is 0.429. The van der Waals surface area contributed by atoms with Gasteiger partial charge in [0.25, 0.3) is 0 Å². The summed E-state index contributed by atoms with van der Waals surface area (Å²) in [7, 11) is 0. The molecule has 1 aromatic carbocycles. The Bertz CT molecular complexity index is 637. The van der Waals surface area contributed by atoms with Gasteiger partial charge in [0.15, 0.2) is 0 Å². The molecule has 132 valence electrons. The van der Waals surface area contributed by atoms with Crippen LogP contribution in [0.2, 0.25) is 0 Å². The Morgan fingerprint density at radius 2 is 1.92 bits per heavy atom. The van der Waals surface area contributed by atoms with Gasteiger partial charge in [-0.15, -0.1) is 0 Å². The minimum absolute atomic E-state index is 0.128. The summed E-state index contributed by atoms with van der Waals surface area (Å²) in [5, 5.41) is 3.04. The number of piperidine rings is 1. The molecular weight excluding hydrogens is 310 g/mol. The molecule has 1 aliphatic rings. The molecule has 0 aliphatic carbocycles. The van der Waals surface area contributed by atoms with Crippen molar-refractivity contribution in [3.05, 3.63) is 66.0 Å². The fourth-order valence-corrected chi connectivity index (χ4v) is 3.46. The predicted molar refractivity (Wildman–Crippen MR) is 100 cm³/mol. The van der Waals surface area contributed by atoms with Gasteiger partial charge in [-0.3, -0.25) is 9.78 Å². The highest BCUT2D eigenvalue weighted by Gasteiger charge is 2.20. The van der Waals surface area contributed by atoms with Crippen molar-refractivity contribution >= 4 is 5.91 Å². The van der Waals surface area contributed by atoms with E-state index in [0.29, 0.717) is 12.3 Å². The van der Waals surface area contributed by atoms with Crippen LogP contribution in [0.5, 0.6) is 0 Å². The van der Waals surface area contributed by atoms with Crippen LogP contribution in [-0.2, 0) is 11.2 Å². The lowest BCUT2D eigenvalue weighted by Gasteiger charge is -2.32. The molecule has 25 heavy (non-hydrogen) atoms. The van der Waals surface area contributed by atoms with Crippen molar-refractivity contribution < 1.29 is 4.79 Å². The molecule has 0 unspecified atom stereocenters. The van der Waals surface area contributed by atoms with Gasteiger partial charge in [0, 0.05) is 31.9 Å². The van der Waals surface area contributed by atoms with Crippen molar-refractivity contribution in [2.75, 3.05) is 26.2 Å². The summed E-state index contributed by atoms with van der Waals surface area (Å²) in [6.45, 7) is 3.91. The van der Waals surface area contributed by atoms with Gasteiger partial charge in [-0.25, -0.2) is 0 Å². The monoisotopic (exact) mass is 337 g/mol. The molecule has 1 saturated heterocycles. The molecule has 0 radical (unpaired) electrons. The normalized spacial score (nSPS) is 15.8. The SMILES string of the molecule is O=C(CCc1cccnc1)NCCN1CCC(c2ccccc2)CC1. The van der Waals surface area contributed by atoms with Crippen LogP contribution in [0, 0.1) is 0 Å². The number of benzene rings is 1. The van der Waals surface area contributed by atoms with Crippen LogP contribution >= 0.6 is 0 Å². The molecule has 2 heterocycles. The van der Waals surface area contributed by atoms with Gasteiger partial charge in [0.05, 0.1) is 0 Å². The summed E-state index contributed by atoms with van der Waals surface area (Å²) in [6.07, 6.45) is 7.27. The second-order valence-electron chi connectivity index (χ2n) is 6.74. The van der Waals surface area contributed by atoms with Gasteiger partial charge in [0.2, 0.25) is 5.91 Å². The van der Waals surface area contributed by atoms with E-state index in [2.05, 4.69) is 45.5 Å². The van der Waals surface area contributed by atoms with E-state index in [4.69, 9.17) is 0 Å². The first-order valence-electron chi connectivity index (χ1n) is 9.24. The third kappa shape index (κ3) is 5.68. The quantitative estimate of drug-likeness (QED) is 0.845. The molecule has 1 aromatic heterocycles. The van der Waals surface area contributed by atoms with Crippen LogP contribution in [0.15, 0.2) is 54.9 Å². The van der Waals surface area contributed by atoms with Crippen LogP contribution in [0.3, 0.4) is 0 Å². The van der Waals surface area contributed by atoms with Crippen molar-refractivity contribution in [3.8, 4) is 0 Å². The molecule has 1 fully saturated rings. The smallest absolute Gasteiger partial charge is 0.220 e. The largest absolute Gasteiger partial charge is 0.355 e. The van der Waals surface area contributed by atoms with E-state index in [9.17, 15) is 4.79 Å². The standard InChI is InChI=1S/C21H27N3O/c25-21(9-8-18-5-4-12-22-17-18)23-13-16-24-14-10-20(11-15-24)19-6-2-1-3-7-19/h1-7,12,17,20H,8-11,13-16H2,(H,23,25). The number of hydrogen-bond acceptors (Lipinski definition) is 3. The van der Waals surface area contributed by atoms with E-state index in [1.807, 2.05) is 18.3 Å². The fourth-order valence-electron chi connectivity index (χ4n) is 3.46. The minimum atomic E-state index is 0.128. The van der Waals surface area contributed by atoms with Crippen LogP contribution in [0.4, 0.5) is 0 Å². The summed E-state index contributed by atoms with van der Waals surface area (Å²) in [5.74, 6) is 0.814. The molecule has 0 bridgehead atoms. The molecule has 4 nitrogen and oxygen atoms in total. The Kier molecular flexibility index (Phi) is 6.57. The van der Waals surface area contributed by atoms with Crippen molar-refractivity contribution in [1.29, 1.82) is 0 Å². The number of rotatable bonds is 7. The summed E-state index contributed by atoms with van der Waals surface area (Å²) in [6, 6.07) is 14.7. The zero-order valence-corrected chi connectivity index (χ0v) is 14.7. The van der Waals surface area contributed by atoms with Gasteiger partial charge in [-0.2, -0.15) is 0 Å². The molecular formula is C21H27N3O. The lowest BCUT2D eigenvalue weighted by molar-refractivity contribution is -0.121. The maximum absolute atomic E-state index is 11.9. The van der Waals surface area contributed by atoms with E-state index in [1.165, 1.54) is 18.4 Å². The lowest BCUT2D eigenvalue weighted by Crippen LogP contribution is -2.39. The van der Waals surface area contributed by atoms with E-state index in [0.717, 1.165) is 38.2 Å². The Hall–Kier alpha value is -2.20. The molecule has 1 N–H and O–H groups in total. The first-order chi connectivity index (χ1) is 12.3. The number of pyridine rings is 1. The average Bonchev–Trinajstić information content (AvgIpc) is 2.68. The topological polar surface area (TPSA) is 45.2 Å². The van der Waals surface area contributed by atoms with E-state index in [-0.39, 0.29) is 5.91 Å². The number of nitrogens with one attached hydrogen (secondary N) is 1. The number of likely N-dealkylation sites (tertiary alicyclic amines) is 1. The molecule has 1 aliphatic heterocycles. The first kappa shape index (κ1) is 17.6. The van der Waals surface area contributed by atoms with Gasteiger partial charge in [0.1, 0.15) is 0 Å². The number of aryl methyl sites for hydroxylation is 1. The molecule has 0 spiro atoms. The predicted octanol–water partition coefficient (Wildman–Crippen LogP) is 3.01. The van der Waals surface area contributed by atoms with Crippen LogP contribution in [0.25, 0.3) is 0 Å². The third-order valence-corrected chi connectivity index (χ3v) is 4.97. The summed E-state index contributed by atoms with van der Waals surface area (Å²) >= 11 is 0. The molecule has 2 aromatic rings. The maximum Gasteiger partial charge on any atom is 0.220 e. The maximum atomic E-state index is 11.9. The Labute approximate surface area is 150 Å². The summed E-state index contributed by atoms with van der Waals surface area (Å²) in [4.78, 5) is 18.5. The van der Waals surface area contributed by atoms with Crippen molar-refractivity contribution in [2.45, 2.75) is 31.6 Å². The van der Waals surface area contributed by atoms with Crippen molar-refractivity contribution in [1.82, 2.24) is 15.2 Å². The summed E-state index contributed by atoms with van der Waals surface area (Å²) in [5.41, 5.74) is 2.58. The van der Waals surface area contributed by atoms with Crippen LogP contribution in [0.1, 0.15) is 36.3 Å². The van der Waals surface area contributed by atoms with Gasteiger partial charge in [-0.05, 0) is 55.5 Å².